The van der Waals surface area contributed by atoms with E-state index in [4.69, 9.17) is 26.2 Å². The number of ether oxygens (including phenoxy) is 2. The summed E-state index contributed by atoms with van der Waals surface area (Å²) in [6, 6.07) is 14.3. The zero-order valence-corrected chi connectivity index (χ0v) is 19.3. The summed E-state index contributed by atoms with van der Waals surface area (Å²) in [6.07, 6.45) is 0.105. The van der Waals surface area contributed by atoms with Crippen LogP contribution in [0.3, 0.4) is 0 Å². The first-order valence-electron chi connectivity index (χ1n) is 10.9. The molecule has 9 heteroatoms. The van der Waals surface area contributed by atoms with Gasteiger partial charge in [-0.05, 0) is 65.6 Å². The largest absolute Gasteiger partial charge is 0.482 e. The predicted molar refractivity (Wildman–Crippen MR) is 125 cm³/mol. The maximum atomic E-state index is 13.9. The van der Waals surface area contributed by atoms with Crippen LogP contribution in [0, 0.1) is 11.6 Å². The van der Waals surface area contributed by atoms with Gasteiger partial charge in [0.25, 0.3) is 0 Å². The van der Waals surface area contributed by atoms with Gasteiger partial charge >= 0.3 is 12.1 Å². The molecule has 182 valence electrons. The average Bonchev–Trinajstić information content (AvgIpc) is 2.82. The summed E-state index contributed by atoms with van der Waals surface area (Å²) >= 11 is 6.25. The van der Waals surface area contributed by atoms with E-state index in [1.807, 2.05) is 0 Å². The third-order valence-corrected chi connectivity index (χ3v) is 5.93. The van der Waals surface area contributed by atoms with Crippen molar-refractivity contribution in [1.29, 1.82) is 0 Å². The van der Waals surface area contributed by atoms with Crippen molar-refractivity contribution >= 4 is 23.7 Å². The number of carbonyl (C=O) groups excluding carboxylic acids is 1. The molecule has 0 aromatic heterocycles. The molecule has 0 radical (unpaired) electrons. The number of amides is 1. The highest BCUT2D eigenvalue weighted by Crippen LogP contribution is 2.41. The highest BCUT2D eigenvalue weighted by molar-refractivity contribution is 6.30. The standard InChI is InChI=1S/C26H22ClF2NO5/c27-18-4-7-23(35-15-24(31)32)22(14-18)25-21-6-5-20(29)13-17(21)8-10-30(25)26(33)34-11-9-16-2-1-3-19(28)12-16/h1-7,12-14,25H,8-11,15H2,(H,31,32)/t25-/m0/s1. The summed E-state index contributed by atoms with van der Waals surface area (Å²) in [4.78, 5) is 25.7. The summed E-state index contributed by atoms with van der Waals surface area (Å²) in [5.41, 5.74) is 2.51. The molecule has 0 fully saturated rings. The molecule has 6 nitrogen and oxygen atoms in total. The van der Waals surface area contributed by atoms with Crippen LogP contribution in [0.1, 0.15) is 28.3 Å². The van der Waals surface area contributed by atoms with Gasteiger partial charge in [0.15, 0.2) is 6.61 Å². The fourth-order valence-corrected chi connectivity index (χ4v) is 4.34. The van der Waals surface area contributed by atoms with E-state index < -0.39 is 30.5 Å². The van der Waals surface area contributed by atoms with Gasteiger partial charge in [0.2, 0.25) is 0 Å². The van der Waals surface area contributed by atoms with Crippen molar-refractivity contribution < 1.29 is 33.0 Å². The topological polar surface area (TPSA) is 76.1 Å². The molecule has 1 heterocycles. The van der Waals surface area contributed by atoms with Gasteiger partial charge in [0.05, 0.1) is 12.6 Å². The SMILES string of the molecule is O=C(O)COc1ccc(Cl)cc1[C@@H]1c2ccc(F)cc2CCN1C(=O)OCCc1cccc(F)c1. The van der Waals surface area contributed by atoms with Crippen molar-refractivity contribution in [3.8, 4) is 5.75 Å². The number of nitrogens with zero attached hydrogens (tertiary/aromatic N) is 1. The summed E-state index contributed by atoms with van der Waals surface area (Å²) in [7, 11) is 0. The lowest BCUT2D eigenvalue weighted by atomic mass is 9.88. The molecule has 0 spiro atoms. The minimum atomic E-state index is -1.16. The minimum Gasteiger partial charge on any atom is -0.482 e. The van der Waals surface area contributed by atoms with Crippen LogP contribution in [0.5, 0.6) is 5.75 Å². The van der Waals surface area contributed by atoms with Crippen molar-refractivity contribution in [2.75, 3.05) is 19.8 Å². The van der Waals surface area contributed by atoms with Gasteiger partial charge in [-0.25, -0.2) is 18.4 Å². The molecule has 1 amide bonds. The molecule has 0 saturated carbocycles. The second-order valence-electron chi connectivity index (χ2n) is 8.05. The van der Waals surface area contributed by atoms with E-state index in [0.29, 0.717) is 40.1 Å². The number of carboxylic acids is 1. The molecule has 1 aliphatic heterocycles. The molecule has 1 N–H and O–H groups in total. The van der Waals surface area contributed by atoms with Gasteiger partial charge in [0, 0.05) is 23.6 Å². The molecule has 1 aliphatic rings. The van der Waals surface area contributed by atoms with Gasteiger partial charge in [0.1, 0.15) is 17.4 Å². The smallest absolute Gasteiger partial charge is 0.410 e. The van der Waals surface area contributed by atoms with Gasteiger partial charge in [-0.3, -0.25) is 4.90 Å². The van der Waals surface area contributed by atoms with E-state index >= 15 is 0 Å². The van der Waals surface area contributed by atoms with Crippen LogP contribution in [0.25, 0.3) is 0 Å². The second kappa shape index (κ2) is 10.7. The number of carboxylic acid groups (broad SMARTS) is 1. The molecule has 1 atom stereocenters. The quantitative estimate of drug-likeness (QED) is 0.468. The Morgan fingerprint density at radius 1 is 1.03 bits per heavy atom. The number of carbonyl (C=O) groups is 2. The third kappa shape index (κ3) is 5.89. The Balaban J connectivity index is 1.64. The van der Waals surface area contributed by atoms with Crippen LogP contribution in [-0.2, 0) is 22.4 Å². The number of aliphatic carboxylic acids is 1. The van der Waals surface area contributed by atoms with Crippen LogP contribution in [0.2, 0.25) is 5.02 Å². The van der Waals surface area contributed by atoms with Gasteiger partial charge in [-0.2, -0.15) is 0 Å². The Morgan fingerprint density at radius 2 is 1.83 bits per heavy atom. The van der Waals surface area contributed by atoms with E-state index in [1.165, 1.54) is 35.2 Å². The number of hydrogen-bond acceptors (Lipinski definition) is 4. The number of hydrogen-bond donors (Lipinski definition) is 1. The zero-order valence-electron chi connectivity index (χ0n) is 18.5. The van der Waals surface area contributed by atoms with E-state index in [1.54, 1.807) is 30.3 Å². The fraction of sp³-hybridized carbons (Fsp3) is 0.231. The first-order valence-corrected chi connectivity index (χ1v) is 11.3. The summed E-state index contributed by atoms with van der Waals surface area (Å²) in [5, 5.41) is 9.42. The van der Waals surface area contributed by atoms with Crippen molar-refractivity contribution in [2.45, 2.75) is 18.9 Å². The molecule has 4 rings (SSSR count). The summed E-state index contributed by atoms with van der Waals surface area (Å²) < 4.78 is 38.4. The average molecular weight is 502 g/mol. The van der Waals surface area contributed by atoms with Crippen LogP contribution in [0.15, 0.2) is 60.7 Å². The van der Waals surface area contributed by atoms with E-state index in [2.05, 4.69) is 0 Å². The Bertz CT molecular complexity index is 1250. The number of benzene rings is 3. The third-order valence-electron chi connectivity index (χ3n) is 5.69. The molecule has 35 heavy (non-hydrogen) atoms. The highest BCUT2D eigenvalue weighted by atomic mass is 35.5. The molecule has 0 unspecified atom stereocenters. The summed E-state index contributed by atoms with van der Waals surface area (Å²) in [5.74, 6) is -1.70. The molecule has 3 aromatic carbocycles. The molecule has 0 aliphatic carbocycles. The van der Waals surface area contributed by atoms with Crippen LogP contribution >= 0.6 is 11.6 Å². The van der Waals surface area contributed by atoms with Crippen molar-refractivity contribution in [2.24, 2.45) is 0 Å². The number of halogens is 3. The first kappa shape index (κ1) is 24.5. The number of fused-ring (bicyclic) bond motifs is 1. The molecule has 0 bridgehead atoms. The Morgan fingerprint density at radius 3 is 2.60 bits per heavy atom. The molecular formula is C26H22ClF2NO5. The van der Waals surface area contributed by atoms with Crippen molar-refractivity contribution in [3.63, 3.8) is 0 Å². The molecular weight excluding hydrogens is 480 g/mol. The minimum absolute atomic E-state index is 0.0275. The first-order chi connectivity index (χ1) is 16.8. The lowest BCUT2D eigenvalue weighted by Crippen LogP contribution is -2.41. The Kier molecular flexibility index (Phi) is 7.51. The molecule has 0 saturated heterocycles. The predicted octanol–water partition coefficient (Wildman–Crippen LogP) is 5.41. The van der Waals surface area contributed by atoms with Crippen LogP contribution in [-0.4, -0.2) is 41.8 Å². The van der Waals surface area contributed by atoms with Crippen LogP contribution in [0.4, 0.5) is 13.6 Å². The molecule has 3 aromatic rings. The van der Waals surface area contributed by atoms with E-state index in [0.717, 1.165) is 0 Å². The van der Waals surface area contributed by atoms with Crippen molar-refractivity contribution in [1.82, 2.24) is 4.90 Å². The fourth-order valence-electron chi connectivity index (χ4n) is 4.16. The van der Waals surface area contributed by atoms with E-state index in [9.17, 15) is 18.4 Å². The number of rotatable bonds is 7. The van der Waals surface area contributed by atoms with Gasteiger partial charge < -0.3 is 14.6 Å². The van der Waals surface area contributed by atoms with E-state index in [-0.39, 0.29) is 24.7 Å². The monoisotopic (exact) mass is 501 g/mol. The summed E-state index contributed by atoms with van der Waals surface area (Å²) in [6.45, 7) is -0.333. The zero-order chi connectivity index (χ0) is 24.9. The lowest BCUT2D eigenvalue weighted by molar-refractivity contribution is -0.139. The Hall–Kier alpha value is -3.65. The Labute approximate surface area is 205 Å². The van der Waals surface area contributed by atoms with Crippen LogP contribution < -0.4 is 4.74 Å². The van der Waals surface area contributed by atoms with Crippen molar-refractivity contribution in [3.05, 3.63) is 99.6 Å². The maximum Gasteiger partial charge on any atom is 0.410 e. The van der Waals surface area contributed by atoms with Gasteiger partial charge in [-0.15, -0.1) is 0 Å². The lowest BCUT2D eigenvalue weighted by Gasteiger charge is -2.37. The maximum absolute atomic E-state index is 13.9. The highest BCUT2D eigenvalue weighted by Gasteiger charge is 2.35. The van der Waals surface area contributed by atoms with Gasteiger partial charge in [-0.1, -0.05) is 29.8 Å². The second-order valence-corrected chi connectivity index (χ2v) is 8.48. The normalized spacial score (nSPS) is 14.8.